The van der Waals surface area contributed by atoms with E-state index >= 15 is 0 Å². The van der Waals surface area contributed by atoms with E-state index in [1.165, 1.54) is 17.0 Å². The number of fused-ring (bicyclic) bond motifs is 1. The number of imide groups is 1. The van der Waals surface area contributed by atoms with Crippen LogP contribution >= 0.6 is 0 Å². The molecule has 31 heavy (non-hydrogen) atoms. The van der Waals surface area contributed by atoms with Gasteiger partial charge in [0.15, 0.2) is 6.67 Å². The first-order valence-electron chi connectivity index (χ1n) is 10.7. The van der Waals surface area contributed by atoms with Gasteiger partial charge in [0.05, 0.1) is 6.04 Å². The lowest BCUT2D eigenvalue weighted by molar-refractivity contribution is -0.931. The predicted octanol–water partition coefficient (Wildman–Crippen LogP) is 2.95. The largest absolute Gasteiger partial charge is 0.329 e. The molecule has 5 nitrogen and oxygen atoms in total. The van der Waals surface area contributed by atoms with Gasteiger partial charge in [-0.15, -0.1) is 0 Å². The number of hydrogen-bond acceptors (Lipinski definition) is 2. The molecule has 2 fully saturated rings. The Morgan fingerprint density at radius 2 is 1.74 bits per heavy atom. The lowest BCUT2D eigenvalue weighted by Gasteiger charge is -2.25. The van der Waals surface area contributed by atoms with Gasteiger partial charge in [0.1, 0.15) is 17.9 Å². The molecule has 1 unspecified atom stereocenters. The Kier molecular flexibility index (Phi) is 4.74. The molecular formula is C25H25FN3O2+. The van der Waals surface area contributed by atoms with E-state index in [-0.39, 0.29) is 17.8 Å². The van der Waals surface area contributed by atoms with Crippen LogP contribution < -0.4 is 10.2 Å². The molecule has 1 saturated carbocycles. The van der Waals surface area contributed by atoms with Crippen LogP contribution in [0.4, 0.5) is 9.18 Å². The highest BCUT2D eigenvalue weighted by molar-refractivity contribution is 6.07. The first kappa shape index (κ1) is 19.7. The van der Waals surface area contributed by atoms with E-state index in [1.807, 2.05) is 42.5 Å². The third kappa shape index (κ3) is 3.68. The molecule has 2 N–H and O–H groups in total. The fourth-order valence-corrected chi connectivity index (χ4v) is 4.42. The molecule has 0 aromatic heterocycles. The van der Waals surface area contributed by atoms with E-state index in [0.717, 1.165) is 39.6 Å². The summed E-state index contributed by atoms with van der Waals surface area (Å²) in [6, 6.07) is 20.3. The molecule has 3 amide bonds. The molecule has 1 heterocycles. The van der Waals surface area contributed by atoms with Gasteiger partial charge in [-0.3, -0.25) is 4.79 Å². The highest BCUT2D eigenvalue weighted by atomic mass is 19.1. The molecule has 3 aromatic carbocycles. The highest BCUT2D eigenvalue weighted by Gasteiger charge is 2.51. The maximum absolute atomic E-state index is 13.4. The normalized spacial score (nSPS) is 22.1. The van der Waals surface area contributed by atoms with Crippen molar-refractivity contribution in [3.8, 4) is 0 Å². The number of amides is 3. The Balaban J connectivity index is 1.38. The summed E-state index contributed by atoms with van der Waals surface area (Å²) in [5, 5.41) is 5.04. The molecule has 0 radical (unpaired) electrons. The maximum atomic E-state index is 13.4. The lowest BCUT2D eigenvalue weighted by Crippen LogP contribution is -3.13. The van der Waals surface area contributed by atoms with Crippen molar-refractivity contribution >= 4 is 22.7 Å². The number of nitrogens with zero attached hydrogens (tertiary/aromatic N) is 1. The molecule has 1 saturated heterocycles. The molecule has 2 atom stereocenters. The van der Waals surface area contributed by atoms with E-state index in [1.54, 1.807) is 19.1 Å². The van der Waals surface area contributed by atoms with Crippen molar-refractivity contribution in [3.63, 3.8) is 0 Å². The van der Waals surface area contributed by atoms with Crippen LogP contribution in [0.25, 0.3) is 10.8 Å². The Bertz CT molecular complexity index is 1160. The van der Waals surface area contributed by atoms with Crippen molar-refractivity contribution in [1.82, 2.24) is 10.2 Å². The van der Waals surface area contributed by atoms with Crippen LogP contribution in [-0.4, -0.2) is 29.5 Å². The Morgan fingerprint density at radius 1 is 1.03 bits per heavy atom. The van der Waals surface area contributed by atoms with Crippen molar-refractivity contribution < 1.29 is 18.9 Å². The van der Waals surface area contributed by atoms with Crippen LogP contribution in [0.15, 0.2) is 66.7 Å². The number of benzene rings is 3. The van der Waals surface area contributed by atoms with Gasteiger partial charge >= 0.3 is 6.03 Å². The average Bonchev–Trinajstić information content (AvgIpc) is 3.59. The Labute approximate surface area is 180 Å². The Hall–Kier alpha value is -3.25. The second kappa shape index (κ2) is 7.46. The third-order valence-corrected chi connectivity index (χ3v) is 6.46. The molecule has 5 rings (SSSR count). The monoisotopic (exact) mass is 418 g/mol. The van der Waals surface area contributed by atoms with Crippen LogP contribution in [0.2, 0.25) is 0 Å². The number of carbonyl (C=O) groups excluding carboxylic acids is 2. The number of nitrogens with one attached hydrogen (secondary N) is 2. The summed E-state index contributed by atoms with van der Waals surface area (Å²) in [5.74, 6) is -0.498. The number of urea groups is 1. The minimum Gasteiger partial charge on any atom is -0.319 e. The smallest absolute Gasteiger partial charge is 0.319 e. The second-order valence-corrected chi connectivity index (χ2v) is 8.74. The quantitative estimate of drug-likeness (QED) is 0.605. The predicted molar refractivity (Wildman–Crippen MR) is 116 cm³/mol. The van der Waals surface area contributed by atoms with Crippen molar-refractivity contribution in [2.45, 2.75) is 37.9 Å². The summed E-state index contributed by atoms with van der Waals surface area (Å²) in [7, 11) is 0. The molecule has 2 aliphatic rings. The average molecular weight is 418 g/mol. The van der Waals surface area contributed by atoms with Gasteiger partial charge in [0.25, 0.3) is 5.91 Å². The SMILES string of the molecule is C[C@]1(c2ccc3ccccc3c2)NC(=O)N(C[NH+](Cc2ccc(F)cc2)C2CC2)C1=O. The zero-order valence-electron chi connectivity index (χ0n) is 17.4. The van der Waals surface area contributed by atoms with Crippen LogP contribution in [0.1, 0.15) is 30.9 Å². The van der Waals surface area contributed by atoms with E-state index in [4.69, 9.17) is 0 Å². The van der Waals surface area contributed by atoms with Crippen LogP contribution in [0, 0.1) is 5.82 Å². The fourth-order valence-electron chi connectivity index (χ4n) is 4.42. The van der Waals surface area contributed by atoms with Crippen LogP contribution in [0.3, 0.4) is 0 Å². The van der Waals surface area contributed by atoms with Gasteiger partial charge < -0.3 is 10.2 Å². The summed E-state index contributed by atoms with van der Waals surface area (Å²) in [5.41, 5.74) is 0.678. The zero-order chi connectivity index (χ0) is 21.6. The van der Waals surface area contributed by atoms with Crippen molar-refractivity contribution in [2.75, 3.05) is 6.67 Å². The van der Waals surface area contributed by atoms with Gasteiger partial charge in [-0.1, -0.05) is 48.5 Å². The highest BCUT2D eigenvalue weighted by Crippen LogP contribution is 2.30. The van der Waals surface area contributed by atoms with Gasteiger partial charge in [-0.05, 0) is 41.5 Å². The molecule has 158 valence electrons. The molecular weight excluding hydrogens is 393 g/mol. The molecule has 0 bridgehead atoms. The topological polar surface area (TPSA) is 53.9 Å². The van der Waals surface area contributed by atoms with E-state index in [0.29, 0.717) is 19.3 Å². The van der Waals surface area contributed by atoms with Gasteiger partial charge in [0.2, 0.25) is 0 Å². The lowest BCUT2D eigenvalue weighted by atomic mass is 9.90. The number of carbonyl (C=O) groups is 2. The van der Waals surface area contributed by atoms with Crippen molar-refractivity contribution in [3.05, 3.63) is 83.7 Å². The minimum absolute atomic E-state index is 0.231. The molecule has 1 aliphatic heterocycles. The summed E-state index contributed by atoms with van der Waals surface area (Å²) in [6.07, 6.45) is 2.14. The van der Waals surface area contributed by atoms with Gasteiger partial charge in [-0.25, -0.2) is 14.1 Å². The maximum Gasteiger partial charge on any atom is 0.329 e. The Morgan fingerprint density at radius 3 is 2.45 bits per heavy atom. The third-order valence-electron chi connectivity index (χ3n) is 6.46. The molecule has 1 aliphatic carbocycles. The second-order valence-electron chi connectivity index (χ2n) is 8.74. The van der Waals surface area contributed by atoms with Crippen LogP contribution in [-0.2, 0) is 16.9 Å². The van der Waals surface area contributed by atoms with Crippen LogP contribution in [0.5, 0.6) is 0 Å². The van der Waals surface area contributed by atoms with E-state index in [9.17, 15) is 14.0 Å². The first-order valence-corrected chi connectivity index (χ1v) is 10.7. The van der Waals surface area contributed by atoms with Crippen molar-refractivity contribution in [1.29, 1.82) is 0 Å². The van der Waals surface area contributed by atoms with E-state index in [2.05, 4.69) is 5.32 Å². The van der Waals surface area contributed by atoms with Gasteiger partial charge in [-0.2, -0.15) is 0 Å². The number of halogens is 1. The number of quaternary nitrogens is 1. The summed E-state index contributed by atoms with van der Waals surface area (Å²) in [6.45, 7) is 2.72. The number of rotatable bonds is 6. The molecule has 3 aromatic rings. The first-order chi connectivity index (χ1) is 14.9. The summed E-state index contributed by atoms with van der Waals surface area (Å²) >= 11 is 0. The number of hydrogen-bond donors (Lipinski definition) is 2. The van der Waals surface area contributed by atoms with Gasteiger partial charge in [0, 0.05) is 18.4 Å². The van der Waals surface area contributed by atoms with Crippen molar-refractivity contribution in [2.24, 2.45) is 0 Å². The molecule has 0 spiro atoms. The minimum atomic E-state index is -1.09. The van der Waals surface area contributed by atoms with E-state index < -0.39 is 5.54 Å². The summed E-state index contributed by atoms with van der Waals surface area (Å²) < 4.78 is 13.3. The fraction of sp³-hybridized carbons (Fsp3) is 0.280. The zero-order valence-corrected chi connectivity index (χ0v) is 17.4. The summed E-state index contributed by atoms with van der Waals surface area (Å²) in [4.78, 5) is 28.8. The standard InChI is InChI=1S/C25H24FN3O2/c1-25(20-9-8-18-4-2-3-5-19(18)14-20)23(30)29(24(31)27-25)16-28(22-12-13-22)15-17-6-10-21(26)11-7-17/h2-11,14,22H,12-13,15-16H2,1H3,(H,27,31)/p+1/t25-/m1/s1. The molecule has 6 heteroatoms.